The number of benzene rings is 1. The minimum Gasteiger partial charge on any atom is -0.355 e. The Morgan fingerprint density at radius 1 is 1.14 bits per heavy atom. The summed E-state index contributed by atoms with van der Waals surface area (Å²) in [5.74, 6) is 0.0796. The molecule has 144 valence electrons. The number of carbonyl (C=O) groups excluding carboxylic acids is 1. The lowest BCUT2D eigenvalue weighted by atomic mass is 10.0. The van der Waals surface area contributed by atoms with E-state index >= 15 is 0 Å². The Labute approximate surface area is 162 Å². The summed E-state index contributed by atoms with van der Waals surface area (Å²) in [6, 6.07) is 6.08. The molecule has 1 aliphatic heterocycles. The maximum atomic E-state index is 13.9. The SMILES string of the molecule is CCNc1ncc(-c2cc(C(=O)N3CCCCC3)c3cc(F)ccc3n2)cn1. The van der Waals surface area contributed by atoms with Gasteiger partial charge in [0.1, 0.15) is 5.82 Å². The van der Waals surface area contributed by atoms with Crippen LogP contribution in [0.2, 0.25) is 0 Å². The number of pyridine rings is 1. The van der Waals surface area contributed by atoms with Crippen molar-refractivity contribution < 1.29 is 9.18 Å². The van der Waals surface area contributed by atoms with Crippen molar-refractivity contribution in [1.29, 1.82) is 0 Å². The molecule has 0 atom stereocenters. The van der Waals surface area contributed by atoms with Crippen molar-refractivity contribution >= 4 is 22.8 Å². The van der Waals surface area contributed by atoms with Gasteiger partial charge in [-0.15, -0.1) is 0 Å². The van der Waals surface area contributed by atoms with Gasteiger partial charge in [0.25, 0.3) is 5.91 Å². The van der Waals surface area contributed by atoms with E-state index in [9.17, 15) is 9.18 Å². The molecule has 1 aromatic carbocycles. The molecular formula is C21H22FN5O. The van der Waals surface area contributed by atoms with Gasteiger partial charge in [-0.25, -0.2) is 19.3 Å². The summed E-state index contributed by atoms with van der Waals surface area (Å²) in [5.41, 5.74) is 2.36. The number of carbonyl (C=O) groups is 1. The summed E-state index contributed by atoms with van der Waals surface area (Å²) in [5, 5.41) is 3.58. The van der Waals surface area contributed by atoms with Gasteiger partial charge in [0, 0.05) is 43.0 Å². The fourth-order valence-corrected chi connectivity index (χ4v) is 3.50. The Morgan fingerprint density at radius 2 is 1.89 bits per heavy atom. The lowest BCUT2D eigenvalue weighted by Crippen LogP contribution is -2.35. The number of halogens is 1. The highest BCUT2D eigenvalue weighted by molar-refractivity contribution is 6.07. The van der Waals surface area contributed by atoms with Gasteiger partial charge in [0.15, 0.2) is 0 Å². The number of hydrogen-bond acceptors (Lipinski definition) is 5. The van der Waals surface area contributed by atoms with Crippen molar-refractivity contribution in [2.45, 2.75) is 26.2 Å². The maximum Gasteiger partial charge on any atom is 0.254 e. The van der Waals surface area contributed by atoms with Crippen LogP contribution in [0.3, 0.4) is 0 Å². The molecule has 0 saturated carbocycles. The van der Waals surface area contributed by atoms with Gasteiger partial charge in [-0.2, -0.15) is 0 Å². The zero-order valence-electron chi connectivity index (χ0n) is 15.8. The summed E-state index contributed by atoms with van der Waals surface area (Å²) < 4.78 is 13.9. The Hall–Kier alpha value is -3.09. The third-order valence-electron chi connectivity index (χ3n) is 4.93. The molecule has 1 N–H and O–H groups in total. The van der Waals surface area contributed by atoms with E-state index in [0.717, 1.165) is 38.9 Å². The molecule has 4 rings (SSSR count). The van der Waals surface area contributed by atoms with Gasteiger partial charge in [-0.1, -0.05) is 0 Å². The largest absolute Gasteiger partial charge is 0.355 e. The number of fused-ring (bicyclic) bond motifs is 1. The van der Waals surface area contributed by atoms with E-state index in [2.05, 4.69) is 20.3 Å². The highest BCUT2D eigenvalue weighted by atomic mass is 19.1. The Bertz CT molecular complexity index is 1000. The monoisotopic (exact) mass is 379 g/mol. The summed E-state index contributed by atoms with van der Waals surface area (Å²) in [7, 11) is 0. The van der Waals surface area contributed by atoms with Crippen molar-refractivity contribution in [2.75, 3.05) is 25.0 Å². The lowest BCUT2D eigenvalue weighted by molar-refractivity contribution is 0.0726. The van der Waals surface area contributed by atoms with E-state index < -0.39 is 0 Å². The predicted molar refractivity (Wildman–Crippen MR) is 107 cm³/mol. The molecule has 0 aliphatic carbocycles. The molecule has 1 fully saturated rings. The number of likely N-dealkylation sites (tertiary alicyclic amines) is 1. The number of amides is 1. The van der Waals surface area contributed by atoms with Crippen LogP contribution in [0.4, 0.5) is 10.3 Å². The number of nitrogens with zero attached hydrogens (tertiary/aromatic N) is 4. The number of anilines is 1. The quantitative estimate of drug-likeness (QED) is 0.745. The minimum absolute atomic E-state index is 0.0795. The van der Waals surface area contributed by atoms with E-state index in [-0.39, 0.29) is 11.7 Å². The van der Waals surface area contributed by atoms with Gasteiger partial charge in [0.2, 0.25) is 5.95 Å². The standard InChI is InChI=1S/C21H22FN5O/c1-2-23-21-24-12-14(13-25-21)19-11-17(20(28)27-8-4-3-5-9-27)16-10-15(22)6-7-18(16)26-19/h6-7,10-13H,2-5,8-9H2,1H3,(H,23,24,25). The Kier molecular flexibility index (Phi) is 5.14. The van der Waals surface area contributed by atoms with Gasteiger partial charge < -0.3 is 10.2 Å². The Morgan fingerprint density at radius 3 is 2.61 bits per heavy atom. The molecule has 0 spiro atoms. The fraction of sp³-hybridized carbons (Fsp3) is 0.333. The molecule has 3 aromatic rings. The average molecular weight is 379 g/mol. The first-order valence-electron chi connectivity index (χ1n) is 9.61. The molecule has 28 heavy (non-hydrogen) atoms. The third kappa shape index (κ3) is 3.65. The van der Waals surface area contributed by atoms with Crippen molar-refractivity contribution in [3.05, 3.63) is 48.0 Å². The zero-order chi connectivity index (χ0) is 19.5. The van der Waals surface area contributed by atoms with Crippen LogP contribution in [0.15, 0.2) is 36.7 Å². The van der Waals surface area contributed by atoms with Crippen molar-refractivity contribution in [3.63, 3.8) is 0 Å². The molecule has 0 radical (unpaired) electrons. The van der Waals surface area contributed by atoms with Crippen LogP contribution in [0.25, 0.3) is 22.2 Å². The summed E-state index contributed by atoms with van der Waals surface area (Å²) >= 11 is 0. The van der Waals surface area contributed by atoms with E-state index in [1.807, 2.05) is 11.8 Å². The molecule has 0 bridgehead atoms. The van der Waals surface area contributed by atoms with Crippen LogP contribution in [0, 0.1) is 5.82 Å². The average Bonchev–Trinajstić information content (AvgIpc) is 2.74. The highest BCUT2D eigenvalue weighted by Gasteiger charge is 2.22. The summed E-state index contributed by atoms with van der Waals surface area (Å²) in [4.78, 5) is 28.2. The van der Waals surface area contributed by atoms with Crippen LogP contribution in [0.1, 0.15) is 36.5 Å². The van der Waals surface area contributed by atoms with Crippen molar-refractivity contribution in [2.24, 2.45) is 0 Å². The van der Waals surface area contributed by atoms with Crippen molar-refractivity contribution in [3.8, 4) is 11.3 Å². The number of piperidine rings is 1. The van der Waals surface area contributed by atoms with E-state index in [1.165, 1.54) is 12.1 Å². The smallest absolute Gasteiger partial charge is 0.254 e. The first-order chi connectivity index (χ1) is 13.7. The van der Waals surface area contributed by atoms with Gasteiger partial charge in [-0.05, 0) is 50.5 Å². The normalized spacial score (nSPS) is 14.3. The molecule has 3 heterocycles. The van der Waals surface area contributed by atoms with Crippen LogP contribution in [-0.2, 0) is 0 Å². The lowest BCUT2D eigenvalue weighted by Gasteiger charge is -2.27. The van der Waals surface area contributed by atoms with E-state index in [0.29, 0.717) is 33.7 Å². The minimum atomic E-state index is -0.381. The van der Waals surface area contributed by atoms with E-state index in [4.69, 9.17) is 0 Å². The first kappa shape index (κ1) is 18.3. The molecule has 7 heteroatoms. The highest BCUT2D eigenvalue weighted by Crippen LogP contribution is 2.27. The van der Waals surface area contributed by atoms with Crippen LogP contribution >= 0.6 is 0 Å². The molecule has 1 aliphatic rings. The molecular weight excluding hydrogens is 357 g/mol. The van der Waals surface area contributed by atoms with Gasteiger partial charge >= 0.3 is 0 Å². The molecule has 2 aromatic heterocycles. The second-order valence-corrected chi connectivity index (χ2v) is 6.90. The second-order valence-electron chi connectivity index (χ2n) is 6.90. The van der Waals surface area contributed by atoms with E-state index in [1.54, 1.807) is 24.5 Å². The van der Waals surface area contributed by atoms with Gasteiger partial charge in [0.05, 0.1) is 16.8 Å². The molecule has 6 nitrogen and oxygen atoms in total. The fourth-order valence-electron chi connectivity index (χ4n) is 3.50. The molecule has 0 unspecified atom stereocenters. The number of aromatic nitrogens is 3. The predicted octanol–water partition coefficient (Wildman–Crippen LogP) is 3.89. The second kappa shape index (κ2) is 7.88. The number of hydrogen-bond donors (Lipinski definition) is 1. The Balaban J connectivity index is 1.80. The molecule has 1 saturated heterocycles. The van der Waals surface area contributed by atoms with Crippen LogP contribution in [-0.4, -0.2) is 45.4 Å². The van der Waals surface area contributed by atoms with Crippen molar-refractivity contribution in [1.82, 2.24) is 19.9 Å². The van der Waals surface area contributed by atoms with Gasteiger partial charge in [-0.3, -0.25) is 4.79 Å². The number of nitrogens with one attached hydrogen (secondary N) is 1. The topological polar surface area (TPSA) is 71.0 Å². The number of rotatable bonds is 4. The summed E-state index contributed by atoms with van der Waals surface area (Å²) in [6.45, 7) is 4.16. The maximum absolute atomic E-state index is 13.9. The molecule has 1 amide bonds. The third-order valence-corrected chi connectivity index (χ3v) is 4.93. The summed E-state index contributed by atoms with van der Waals surface area (Å²) in [6.07, 6.45) is 6.48. The first-order valence-corrected chi connectivity index (χ1v) is 9.61. The van der Waals surface area contributed by atoms with Crippen LogP contribution < -0.4 is 5.32 Å². The zero-order valence-corrected chi connectivity index (χ0v) is 15.8. The van der Waals surface area contributed by atoms with Crippen LogP contribution in [0.5, 0.6) is 0 Å².